The maximum Gasteiger partial charge on any atom is 0.243 e. The van der Waals surface area contributed by atoms with Gasteiger partial charge in [0.15, 0.2) is 0 Å². The topological polar surface area (TPSA) is 96.0 Å². The molecule has 0 aliphatic heterocycles. The molecule has 0 saturated carbocycles. The Balaban J connectivity index is 1.89. The predicted molar refractivity (Wildman–Crippen MR) is 168 cm³/mol. The smallest absolute Gasteiger partial charge is 0.243 e. The fourth-order valence-electron chi connectivity index (χ4n) is 4.66. The van der Waals surface area contributed by atoms with Gasteiger partial charge in [-0.25, -0.2) is 8.42 Å². The SMILES string of the molecule is COc1cccc(CN(C(=O)CCCN(c2ccc(C)cc2)S(C)(=O)=O)[C@H](Cc2ccccc2)C(=O)NCC(C)C)c1. The first kappa shape index (κ1) is 32.7. The summed E-state index contributed by atoms with van der Waals surface area (Å²) in [7, 11) is -1.98. The van der Waals surface area contributed by atoms with E-state index in [1.807, 2.05) is 87.5 Å². The van der Waals surface area contributed by atoms with Crippen LogP contribution in [0.1, 0.15) is 43.4 Å². The maximum absolute atomic E-state index is 13.9. The van der Waals surface area contributed by atoms with E-state index < -0.39 is 16.1 Å². The first-order valence-corrected chi connectivity index (χ1v) is 16.1. The number of rotatable bonds is 15. The summed E-state index contributed by atoms with van der Waals surface area (Å²) in [5.41, 5.74) is 3.35. The summed E-state index contributed by atoms with van der Waals surface area (Å²) >= 11 is 0. The van der Waals surface area contributed by atoms with E-state index in [9.17, 15) is 18.0 Å². The summed E-state index contributed by atoms with van der Waals surface area (Å²) in [5, 5.41) is 3.02. The second-order valence-electron chi connectivity index (χ2n) is 11.0. The summed E-state index contributed by atoms with van der Waals surface area (Å²) in [6.45, 7) is 6.82. The molecule has 0 bridgehead atoms. The van der Waals surface area contributed by atoms with Crippen molar-refractivity contribution in [3.8, 4) is 5.75 Å². The van der Waals surface area contributed by atoms with Crippen molar-refractivity contribution >= 4 is 27.5 Å². The summed E-state index contributed by atoms with van der Waals surface area (Å²) in [6.07, 6.45) is 1.88. The molecule has 0 aliphatic rings. The van der Waals surface area contributed by atoms with Gasteiger partial charge in [0.05, 0.1) is 19.1 Å². The number of hydrogen-bond acceptors (Lipinski definition) is 5. The number of hydrogen-bond donors (Lipinski definition) is 1. The van der Waals surface area contributed by atoms with Crippen molar-refractivity contribution in [2.75, 3.05) is 30.8 Å². The lowest BCUT2D eigenvalue weighted by molar-refractivity contribution is -0.141. The highest BCUT2D eigenvalue weighted by molar-refractivity contribution is 7.92. The van der Waals surface area contributed by atoms with Crippen molar-refractivity contribution in [1.82, 2.24) is 10.2 Å². The van der Waals surface area contributed by atoms with Crippen LogP contribution in [0.2, 0.25) is 0 Å². The standard InChI is InChI=1S/C33H43N3O5S/c1-25(2)23-34-33(38)31(22-27-11-7-6-8-12-27)35(24-28-13-9-14-30(21-28)41-4)32(37)15-10-20-36(42(5,39)40)29-18-16-26(3)17-19-29/h6-9,11-14,16-19,21,25,31H,10,15,20,22-24H2,1-5H3,(H,34,38)/t31-/m1/s1. The first-order chi connectivity index (χ1) is 20.0. The summed E-state index contributed by atoms with van der Waals surface area (Å²) in [5.74, 6) is 0.459. The molecule has 0 heterocycles. The lowest BCUT2D eigenvalue weighted by atomic mass is 10.0. The minimum Gasteiger partial charge on any atom is -0.497 e. The number of nitrogens with one attached hydrogen (secondary N) is 1. The van der Waals surface area contributed by atoms with Crippen LogP contribution in [0.25, 0.3) is 0 Å². The number of sulfonamides is 1. The van der Waals surface area contributed by atoms with E-state index in [1.54, 1.807) is 24.1 Å². The molecule has 3 aromatic rings. The fourth-order valence-corrected chi connectivity index (χ4v) is 5.62. The minimum absolute atomic E-state index is 0.0740. The van der Waals surface area contributed by atoms with Gasteiger partial charge in [-0.3, -0.25) is 13.9 Å². The van der Waals surface area contributed by atoms with Gasteiger partial charge in [-0.1, -0.05) is 74.0 Å². The number of amides is 2. The minimum atomic E-state index is -3.56. The summed E-state index contributed by atoms with van der Waals surface area (Å²) in [6, 6.07) is 23.6. The molecule has 42 heavy (non-hydrogen) atoms. The van der Waals surface area contributed by atoms with Crippen LogP contribution in [0.4, 0.5) is 5.69 Å². The Morgan fingerprint density at radius 1 is 0.929 bits per heavy atom. The number of benzene rings is 3. The van der Waals surface area contributed by atoms with Crippen molar-refractivity contribution in [2.45, 2.75) is 52.6 Å². The van der Waals surface area contributed by atoms with Gasteiger partial charge in [0.2, 0.25) is 21.8 Å². The molecule has 0 unspecified atom stereocenters. The number of carbonyl (C=O) groups excluding carboxylic acids is 2. The quantitative estimate of drug-likeness (QED) is 0.269. The van der Waals surface area contributed by atoms with E-state index in [-0.39, 0.29) is 37.2 Å². The molecule has 0 saturated heterocycles. The Bertz CT molecular complexity index is 1410. The van der Waals surface area contributed by atoms with Crippen LogP contribution in [0, 0.1) is 12.8 Å². The van der Waals surface area contributed by atoms with Gasteiger partial charge in [-0.15, -0.1) is 0 Å². The third-order valence-electron chi connectivity index (χ3n) is 6.92. The molecular formula is C33H43N3O5S. The number of carbonyl (C=O) groups is 2. The first-order valence-electron chi connectivity index (χ1n) is 14.3. The Labute approximate surface area is 250 Å². The van der Waals surface area contributed by atoms with Crippen molar-refractivity contribution in [1.29, 1.82) is 0 Å². The Kier molecular flexibility index (Phi) is 12.0. The summed E-state index contributed by atoms with van der Waals surface area (Å²) in [4.78, 5) is 29.2. The van der Waals surface area contributed by atoms with Gasteiger partial charge in [-0.05, 0) is 54.7 Å². The van der Waals surface area contributed by atoms with Crippen LogP contribution >= 0.6 is 0 Å². The maximum atomic E-state index is 13.9. The molecule has 0 spiro atoms. The van der Waals surface area contributed by atoms with Crippen LogP contribution in [-0.4, -0.2) is 57.6 Å². The molecule has 9 heteroatoms. The van der Waals surface area contributed by atoms with Gasteiger partial charge in [0, 0.05) is 32.5 Å². The molecule has 8 nitrogen and oxygen atoms in total. The molecule has 0 fully saturated rings. The average molecular weight is 594 g/mol. The number of ether oxygens (including phenoxy) is 1. The largest absolute Gasteiger partial charge is 0.497 e. The van der Waals surface area contributed by atoms with Crippen molar-refractivity contribution in [3.05, 3.63) is 95.6 Å². The lowest BCUT2D eigenvalue weighted by Gasteiger charge is -2.32. The van der Waals surface area contributed by atoms with Crippen LogP contribution in [0.3, 0.4) is 0 Å². The fraction of sp³-hybridized carbons (Fsp3) is 0.394. The van der Waals surface area contributed by atoms with E-state index in [2.05, 4.69) is 5.32 Å². The number of nitrogens with zero attached hydrogens (tertiary/aromatic N) is 2. The van der Waals surface area contributed by atoms with E-state index in [1.165, 1.54) is 10.6 Å². The Morgan fingerprint density at radius 2 is 1.60 bits per heavy atom. The molecule has 0 aliphatic carbocycles. The van der Waals surface area contributed by atoms with Gasteiger partial charge < -0.3 is 15.0 Å². The zero-order valence-electron chi connectivity index (χ0n) is 25.2. The van der Waals surface area contributed by atoms with Gasteiger partial charge in [0.25, 0.3) is 0 Å². The van der Waals surface area contributed by atoms with Crippen molar-refractivity contribution in [3.63, 3.8) is 0 Å². The van der Waals surface area contributed by atoms with Crippen LogP contribution in [0.5, 0.6) is 5.75 Å². The highest BCUT2D eigenvalue weighted by Gasteiger charge is 2.30. The second kappa shape index (κ2) is 15.4. The van der Waals surface area contributed by atoms with Crippen LogP contribution in [-0.2, 0) is 32.6 Å². The van der Waals surface area contributed by atoms with Crippen molar-refractivity contribution in [2.24, 2.45) is 5.92 Å². The lowest BCUT2D eigenvalue weighted by Crippen LogP contribution is -2.51. The zero-order valence-corrected chi connectivity index (χ0v) is 26.1. The summed E-state index contributed by atoms with van der Waals surface area (Å²) < 4.78 is 32.0. The van der Waals surface area contributed by atoms with Crippen LogP contribution in [0.15, 0.2) is 78.9 Å². The molecule has 0 radical (unpaired) electrons. The van der Waals surface area contributed by atoms with Crippen LogP contribution < -0.4 is 14.4 Å². The molecule has 1 N–H and O–H groups in total. The van der Waals surface area contributed by atoms with E-state index in [0.29, 0.717) is 30.8 Å². The molecule has 3 aromatic carbocycles. The van der Waals surface area contributed by atoms with E-state index in [4.69, 9.17) is 4.74 Å². The molecule has 0 aromatic heterocycles. The van der Waals surface area contributed by atoms with Crippen molar-refractivity contribution < 1.29 is 22.7 Å². The van der Waals surface area contributed by atoms with E-state index >= 15 is 0 Å². The number of methoxy groups -OCH3 is 1. The highest BCUT2D eigenvalue weighted by Crippen LogP contribution is 2.22. The zero-order chi connectivity index (χ0) is 30.7. The monoisotopic (exact) mass is 593 g/mol. The van der Waals surface area contributed by atoms with Gasteiger partial charge in [-0.2, -0.15) is 0 Å². The normalized spacial score (nSPS) is 12.0. The second-order valence-corrected chi connectivity index (χ2v) is 12.9. The average Bonchev–Trinajstić information content (AvgIpc) is 2.96. The molecule has 1 atom stereocenters. The Hall–Kier alpha value is -3.85. The molecule has 2 amide bonds. The highest BCUT2D eigenvalue weighted by atomic mass is 32.2. The predicted octanol–water partition coefficient (Wildman–Crippen LogP) is 4.96. The van der Waals surface area contributed by atoms with Gasteiger partial charge in [0.1, 0.15) is 11.8 Å². The third-order valence-corrected chi connectivity index (χ3v) is 8.11. The number of aryl methyl sites for hydroxylation is 1. The third kappa shape index (κ3) is 9.91. The van der Waals surface area contributed by atoms with E-state index in [0.717, 1.165) is 16.7 Å². The molecule has 3 rings (SSSR count). The van der Waals surface area contributed by atoms with Gasteiger partial charge >= 0.3 is 0 Å². The molecular weight excluding hydrogens is 550 g/mol. The molecule has 226 valence electrons. The Morgan fingerprint density at radius 3 is 2.21 bits per heavy atom. The number of anilines is 1.